The van der Waals surface area contributed by atoms with Crippen LogP contribution in [0.1, 0.15) is 27.9 Å². The number of hydrogen-bond acceptors (Lipinski definition) is 4. The molecule has 0 spiro atoms. The Morgan fingerprint density at radius 3 is 3.04 bits per heavy atom. The topological polar surface area (TPSA) is 61.9 Å². The highest BCUT2D eigenvalue weighted by Gasteiger charge is 2.34. The van der Waals surface area contributed by atoms with E-state index in [9.17, 15) is 4.79 Å². The SMILES string of the molecule is O=C(Cc1[nH]nc2ccccc12)N1CCc2ncsc2C1c1cccc(Cl)c1. The number of nitrogens with zero attached hydrogens (tertiary/aromatic N) is 3. The zero-order chi connectivity index (χ0) is 19.1. The predicted molar refractivity (Wildman–Crippen MR) is 111 cm³/mol. The fourth-order valence-electron chi connectivity index (χ4n) is 3.86. The zero-order valence-corrected chi connectivity index (χ0v) is 16.5. The number of thiazole rings is 1. The van der Waals surface area contributed by atoms with Gasteiger partial charge in [-0.25, -0.2) is 4.98 Å². The molecular weight excluding hydrogens is 392 g/mol. The maximum atomic E-state index is 13.3. The highest BCUT2D eigenvalue weighted by atomic mass is 35.5. The van der Waals surface area contributed by atoms with Crippen LogP contribution in [0.15, 0.2) is 54.0 Å². The second-order valence-electron chi connectivity index (χ2n) is 6.85. The number of carbonyl (C=O) groups excluding carboxylic acids is 1. The molecule has 0 saturated carbocycles. The van der Waals surface area contributed by atoms with Gasteiger partial charge in [0.15, 0.2) is 0 Å². The average molecular weight is 409 g/mol. The zero-order valence-electron chi connectivity index (χ0n) is 14.9. The van der Waals surface area contributed by atoms with Crippen molar-refractivity contribution in [1.82, 2.24) is 20.1 Å². The molecule has 1 atom stereocenters. The molecule has 0 fully saturated rings. The van der Waals surface area contributed by atoms with Gasteiger partial charge in [-0.2, -0.15) is 5.10 Å². The number of halogens is 1. The third kappa shape index (κ3) is 2.99. The van der Waals surface area contributed by atoms with Crippen molar-refractivity contribution in [3.63, 3.8) is 0 Å². The molecule has 1 N–H and O–H groups in total. The summed E-state index contributed by atoms with van der Waals surface area (Å²) in [4.78, 5) is 20.9. The summed E-state index contributed by atoms with van der Waals surface area (Å²) in [5.41, 5.74) is 5.67. The van der Waals surface area contributed by atoms with Gasteiger partial charge in [0.2, 0.25) is 5.91 Å². The van der Waals surface area contributed by atoms with Crippen LogP contribution in [-0.4, -0.2) is 32.5 Å². The lowest BCUT2D eigenvalue weighted by Crippen LogP contribution is -2.41. The van der Waals surface area contributed by atoms with Crippen LogP contribution in [-0.2, 0) is 17.6 Å². The van der Waals surface area contributed by atoms with Crippen LogP contribution in [0, 0.1) is 0 Å². The van der Waals surface area contributed by atoms with E-state index < -0.39 is 0 Å². The van der Waals surface area contributed by atoms with Crippen LogP contribution in [0.5, 0.6) is 0 Å². The number of para-hydroxylation sites is 1. The minimum absolute atomic E-state index is 0.0680. The number of fused-ring (bicyclic) bond motifs is 2. The summed E-state index contributed by atoms with van der Waals surface area (Å²) < 4.78 is 0. The first-order valence-corrected chi connectivity index (χ1v) is 10.4. The number of benzene rings is 2. The summed E-state index contributed by atoms with van der Waals surface area (Å²) in [5, 5.41) is 9.00. The Morgan fingerprint density at radius 2 is 2.14 bits per heavy atom. The molecular formula is C21H17ClN4OS. The van der Waals surface area contributed by atoms with Crippen molar-refractivity contribution in [2.24, 2.45) is 0 Å². The number of carbonyl (C=O) groups is 1. The minimum atomic E-state index is -0.156. The van der Waals surface area contributed by atoms with Crippen molar-refractivity contribution in [3.05, 3.63) is 80.9 Å². The second-order valence-corrected chi connectivity index (χ2v) is 8.18. The van der Waals surface area contributed by atoms with Crippen LogP contribution < -0.4 is 0 Å². The summed E-state index contributed by atoms with van der Waals surface area (Å²) in [6.45, 7) is 0.638. The molecule has 5 nitrogen and oxygen atoms in total. The predicted octanol–water partition coefficient (Wildman–Crippen LogP) is 4.39. The first-order chi connectivity index (χ1) is 13.7. The molecule has 1 aliphatic heterocycles. The fraction of sp³-hybridized carbons (Fsp3) is 0.190. The lowest BCUT2D eigenvalue weighted by molar-refractivity contribution is -0.132. The van der Waals surface area contributed by atoms with Gasteiger partial charge in [0.1, 0.15) is 0 Å². The Morgan fingerprint density at radius 1 is 1.25 bits per heavy atom. The molecule has 2 aromatic heterocycles. The Hall–Kier alpha value is -2.70. The summed E-state index contributed by atoms with van der Waals surface area (Å²) in [7, 11) is 0. The Balaban J connectivity index is 1.51. The molecule has 28 heavy (non-hydrogen) atoms. The van der Waals surface area contributed by atoms with Crippen molar-refractivity contribution in [1.29, 1.82) is 0 Å². The molecule has 7 heteroatoms. The molecule has 2 aromatic carbocycles. The highest BCUT2D eigenvalue weighted by Crippen LogP contribution is 2.38. The highest BCUT2D eigenvalue weighted by molar-refractivity contribution is 7.09. The van der Waals surface area contributed by atoms with E-state index in [4.69, 9.17) is 11.6 Å². The molecule has 3 heterocycles. The van der Waals surface area contributed by atoms with Crippen molar-refractivity contribution in [2.75, 3.05) is 6.54 Å². The van der Waals surface area contributed by atoms with Gasteiger partial charge in [-0.15, -0.1) is 11.3 Å². The smallest absolute Gasteiger partial charge is 0.229 e. The molecule has 0 aliphatic carbocycles. The molecule has 5 rings (SSSR count). The summed E-state index contributed by atoms with van der Waals surface area (Å²) in [6.07, 6.45) is 1.05. The molecule has 140 valence electrons. The van der Waals surface area contributed by atoms with E-state index in [2.05, 4.69) is 15.2 Å². The van der Waals surface area contributed by atoms with E-state index in [1.165, 1.54) is 0 Å². The van der Waals surface area contributed by atoms with Gasteiger partial charge in [-0.3, -0.25) is 9.89 Å². The van der Waals surface area contributed by atoms with Gasteiger partial charge < -0.3 is 4.90 Å². The van der Waals surface area contributed by atoms with Crippen LogP contribution in [0.4, 0.5) is 0 Å². The van der Waals surface area contributed by atoms with Gasteiger partial charge in [0.25, 0.3) is 0 Å². The summed E-state index contributed by atoms with van der Waals surface area (Å²) in [6, 6.07) is 15.4. The molecule has 0 bridgehead atoms. The van der Waals surface area contributed by atoms with Gasteiger partial charge in [-0.05, 0) is 23.8 Å². The lowest BCUT2D eigenvalue weighted by Gasteiger charge is -2.35. The summed E-state index contributed by atoms with van der Waals surface area (Å²) >= 11 is 7.84. The average Bonchev–Trinajstić information content (AvgIpc) is 3.34. The Labute approximate surface area is 171 Å². The van der Waals surface area contributed by atoms with Gasteiger partial charge in [0.05, 0.1) is 39.8 Å². The third-order valence-electron chi connectivity index (χ3n) is 5.18. The number of nitrogens with one attached hydrogen (secondary N) is 1. The van der Waals surface area contributed by atoms with Crippen LogP contribution in [0.3, 0.4) is 0 Å². The van der Waals surface area contributed by atoms with Crippen molar-refractivity contribution in [3.8, 4) is 0 Å². The fourth-order valence-corrected chi connectivity index (χ4v) is 5.04. The first kappa shape index (κ1) is 17.4. The number of rotatable bonds is 3. The molecule has 1 aliphatic rings. The Bertz CT molecular complexity index is 1170. The molecule has 0 radical (unpaired) electrons. The normalized spacial score (nSPS) is 16.3. The van der Waals surface area contributed by atoms with E-state index in [0.29, 0.717) is 11.6 Å². The molecule has 1 unspecified atom stereocenters. The molecule has 1 amide bonds. The van der Waals surface area contributed by atoms with Crippen molar-refractivity contribution < 1.29 is 4.79 Å². The molecule has 0 saturated heterocycles. The van der Waals surface area contributed by atoms with Crippen LogP contribution >= 0.6 is 22.9 Å². The van der Waals surface area contributed by atoms with Gasteiger partial charge in [-0.1, -0.05) is 41.9 Å². The second kappa shape index (κ2) is 7.04. The van der Waals surface area contributed by atoms with Gasteiger partial charge in [0, 0.05) is 23.4 Å². The van der Waals surface area contributed by atoms with Crippen LogP contribution in [0.25, 0.3) is 10.9 Å². The van der Waals surface area contributed by atoms with E-state index in [1.54, 1.807) is 11.3 Å². The Kier molecular flexibility index (Phi) is 4.37. The first-order valence-electron chi connectivity index (χ1n) is 9.10. The van der Waals surface area contributed by atoms with E-state index >= 15 is 0 Å². The number of aromatic nitrogens is 3. The standard InChI is InChI=1S/C21H17ClN4OS/c22-14-5-3-4-13(10-14)20-21-17(23-12-28-21)8-9-26(20)19(27)11-18-15-6-1-2-7-16(15)24-25-18/h1-7,10,12,20H,8-9,11H2,(H,24,25). The van der Waals surface area contributed by atoms with E-state index in [1.807, 2.05) is 58.9 Å². The van der Waals surface area contributed by atoms with Crippen molar-refractivity contribution in [2.45, 2.75) is 18.9 Å². The number of hydrogen-bond donors (Lipinski definition) is 1. The van der Waals surface area contributed by atoms with Crippen molar-refractivity contribution >= 4 is 39.7 Å². The van der Waals surface area contributed by atoms with E-state index in [0.717, 1.165) is 39.2 Å². The molecule has 4 aromatic rings. The maximum Gasteiger partial charge on any atom is 0.229 e. The van der Waals surface area contributed by atoms with Crippen LogP contribution in [0.2, 0.25) is 5.02 Å². The lowest BCUT2D eigenvalue weighted by atomic mass is 9.97. The summed E-state index contributed by atoms with van der Waals surface area (Å²) in [5.74, 6) is 0.0680. The van der Waals surface area contributed by atoms with E-state index in [-0.39, 0.29) is 18.4 Å². The minimum Gasteiger partial charge on any atom is -0.330 e. The van der Waals surface area contributed by atoms with Gasteiger partial charge >= 0.3 is 0 Å². The largest absolute Gasteiger partial charge is 0.330 e. The number of H-pyrrole nitrogens is 1. The third-order valence-corrected chi connectivity index (χ3v) is 6.33. The number of amides is 1. The maximum absolute atomic E-state index is 13.3. The quantitative estimate of drug-likeness (QED) is 0.546. The monoisotopic (exact) mass is 408 g/mol. The number of aromatic amines is 1.